The lowest BCUT2D eigenvalue weighted by Crippen LogP contribution is -2.46. The molecule has 0 saturated heterocycles. The third-order valence-corrected chi connectivity index (χ3v) is 2.84. The number of ether oxygens (including phenoxy) is 1. The number of hydrogen-bond donors (Lipinski definition) is 3. The quantitative estimate of drug-likeness (QED) is 0.594. The molecule has 0 aromatic rings. The van der Waals surface area contributed by atoms with Crippen LogP contribution in [0, 0.1) is 5.92 Å². The lowest BCUT2D eigenvalue weighted by Gasteiger charge is -2.16. The van der Waals surface area contributed by atoms with Crippen LogP contribution in [0.25, 0.3) is 0 Å². The topological polar surface area (TPSA) is 111 Å². The van der Waals surface area contributed by atoms with Gasteiger partial charge in [-0.05, 0) is 12.8 Å². The molecular formula is C8H19N3O4S. The van der Waals surface area contributed by atoms with Gasteiger partial charge in [-0.3, -0.25) is 0 Å². The SMILES string of the molecule is CCOC(=O)NS(=O)(=O)NCC(N)C(C)C. The van der Waals surface area contributed by atoms with E-state index in [1.54, 1.807) is 11.6 Å². The van der Waals surface area contributed by atoms with Gasteiger partial charge in [0.15, 0.2) is 0 Å². The van der Waals surface area contributed by atoms with Gasteiger partial charge in [0.1, 0.15) is 0 Å². The van der Waals surface area contributed by atoms with Crippen LogP contribution < -0.4 is 15.2 Å². The summed E-state index contributed by atoms with van der Waals surface area (Å²) in [4.78, 5) is 10.9. The zero-order valence-corrected chi connectivity index (χ0v) is 10.5. The molecule has 1 amide bonds. The van der Waals surface area contributed by atoms with Crippen LogP contribution in [0.5, 0.6) is 0 Å². The second kappa shape index (κ2) is 6.66. The summed E-state index contributed by atoms with van der Waals surface area (Å²) in [6.45, 7) is 5.49. The first-order valence-corrected chi connectivity index (χ1v) is 6.46. The molecule has 7 nitrogen and oxygen atoms in total. The third-order valence-electron chi connectivity index (χ3n) is 1.86. The summed E-state index contributed by atoms with van der Waals surface area (Å²) in [5, 5.41) is 0. The van der Waals surface area contributed by atoms with Crippen LogP contribution in [0.4, 0.5) is 4.79 Å². The fraction of sp³-hybridized carbons (Fsp3) is 0.875. The van der Waals surface area contributed by atoms with Gasteiger partial charge in [-0.2, -0.15) is 13.1 Å². The molecule has 0 saturated carbocycles. The number of carbonyl (C=O) groups is 1. The highest BCUT2D eigenvalue weighted by molar-refractivity contribution is 7.88. The Balaban J connectivity index is 4.11. The van der Waals surface area contributed by atoms with Crippen molar-refractivity contribution in [1.82, 2.24) is 9.44 Å². The van der Waals surface area contributed by atoms with Gasteiger partial charge in [-0.25, -0.2) is 9.52 Å². The van der Waals surface area contributed by atoms with Gasteiger partial charge >= 0.3 is 16.3 Å². The lowest BCUT2D eigenvalue weighted by molar-refractivity contribution is 0.158. The zero-order chi connectivity index (χ0) is 12.8. The summed E-state index contributed by atoms with van der Waals surface area (Å²) < 4.78 is 30.8. The molecule has 0 radical (unpaired) electrons. The Morgan fingerprint density at radius 3 is 2.44 bits per heavy atom. The summed E-state index contributed by atoms with van der Waals surface area (Å²) in [7, 11) is -3.89. The molecule has 0 spiro atoms. The standard InChI is InChI=1S/C8H19N3O4S/c1-4-15-8(12)11-16(13,14)10-5-7(9)6(2)3/h6-7,10H,4-5,9H2,1-3H3,(H,11,12). The monoisotopic (exact) mass is 253 g/mol. The first-order chi connectivity index (χ1) is 7.28. The first kappa shape index (κ1) is 15.1. The molecule has 1 unspecified atom stereocenters. The molecule has 0 fully saturated rings. The van der Waals surface area contributed by atoms with Crippen LogP contribution in [0.3, 0.4) is 0 Å². The van der Waals surface area contributed by atoms with E-state index in [0.717, 1.165) is 0 Å². The minimum atomic E-state index is -3.89. The molecule has 4 N–H and O–H groups in total. The summed E-state index contributed by atoms with van der Waals surface area (Å²) in [5.74, 6) is 0.144. The van der Waals surface area contributed by atoms with E-state index in [-0.39, 0.29) is 25.1 Å². The van der Waals surface area contributed by atoms with Gasteiger partial charge in [0, 0.05) is 12.6 Å². The maximum Gasteiger partial charge on any atom is 0.421 e. The van der Waals surface area contributed by atoms with Gasteiger partial charge < -0.3 is 10.5 Å². The van der Waals surface area contributed by atoms with Crippen LogP contribution in [0.2, 0.25) is 0 Å². The van der Waals surface area contributed by atoms with Crippen LogP contribution in [0.1, 0.15) is 20.8 Å². The van der Waals surface area contributed by atoms with Crippen LogP contribution >= 0.6 is 0 Å². The number of carbonyl (C=O) groups excluding carboxylic acids is 1. The fourth-order valence-electron chi connectivity index (χ4n) is 0.748. The number of hydrogen-bond acceptors (Lipinski definition) is 5. The minimum Gasteiger partial charge on any atom is -0.449 e. The van der Waals surface area contributed by atoms with Crippen molar-refractivity contribution in [2.75, 3.05) is 13.2 Å². The van der Waals surface area contributed by atoms with Gasteiger partial charge in [0.25, 0.3) is 0 Å². The Bertz CT molecular complexity index is 315. The van der Waals surface area contributed by atoms with Crippen molar-refractivity contribution in [1.29, 1.82) is 0 Å². The van der Waals surface area contributed by atoms with Crippen molar-refractivity contribution in [2.45, 2.75) is 26.8 Å². The van der Waals surface area contributed by atoms with E-state index in [1.807, 2.05) is 13.8 Å². The summed E-state index contributed by atoms with van der Waals surface area (Å²) in [5.41, 5.74) is 5.64. The van der Waals surface area contributed by atoms with Crippen molar-refractivity contribution in [3.05, 3.63) is 0 Å². The Morgan fingerprint density at radius 1 is 1.44 bits per heavy atom. The van der Waals surface area contributed by atoms with E-state index < -0.39 is 16.3 Å². The van der Waals surface area contributed by atoms with Crippen molar-refractivity contribution in [2.24, 2.45) is 11.7 Å². The summed E-state index contributed by atoms with van der Waals surface area (Å²) in [6.07, 6.45) is -1.01. The Kier molecular flexibility index (Phi) is 6.31. The largest absolute Gasteiger partial charge is 0.449 e. The maximum atomic E-state index is 11.3. The molecule has 0 rings (SSSR count). The molecule has 1 atom stereocenters. The molecule has 0 aromatic carbocycles. The highest BCUT2D eigenvalue weighted by Crippen LogP contribution is 1.96. The Hall–Kier alpha value is -0.860. The van der Waals surface area contributed by atoms with E-state index in [4.69, 9.17) is 5.73 Å². The van der Waals surface area contributed by atoms with Crippen LogP contribution in [0.15, 0.2) is 0 Å². The lowest BCUT2D eigenvalue weighted by atomic mass is 10.1. The van der Waals surface area contributed by atoms with E-state index >= 15 is 0 Å². The molecule has 8 heteroatoms. The van der Waals surface area contributed by atoms with Crippen molar-refractivity contribution < 1.29 is 17.9 Å². The third kappa shape index (κ3) is 6.59. The molecule has 0 aliphatic rings. The predicted molar refractivity (Wildman–Crippen MR) is 59.9 cm³/mol. The second-order valence-electron chi connectivity index (χ2n) is 3.58. The molecule has 16 heavy (non-hydrogen) atoms. The molecule has 0 aliphatic heterocycles. The summed E-state index contributed by atoms with van der Waals surface area (Å²) >= 11 is 0. The van der Waals surface area contributed by atoms with Gasteiger partial charge in [-0.15, -0.1) is 0 Å². The number of nitrogens with one attached hydrogen (secondary N) is 2. The maximum absolute atomic E-state index is 11.3. The summed E-state index contributed by atoms with van der Waals surface area (Å²) in [6, 6.07) is -0.307. The predicted octanol–water partition coefficient (Wildman–Crippen LogP) is -0.450. The van der Waals surface area contributed by atoms with E-state index in [2.05, 4.69) is 9.46 Å². The zero-order valence-electron chi connectivity index (χ0n) is 9.69. The Morgan fingerprint density at radius 2 is 2.00 bits per heavy atom. The first-order valence-electron chi connectivity index (χ1n) is 4.98. The smallest absolute Gasteiger partial charge is 0.421 e. The highest BCUT2D eigenvalue weighted by Gasteiger charge is 2.16. The van der Waals surface area contributed by atoms with E-state index in [9.17, 15) is 13.2 Å². The average molecular weight is 253 g/mol. The number of nitrogens with two attached hydrogens (primary N) is 1. The Labute approximate surface area is 95.9 Å². The van der Waals surface area contributed by atoms with Crippen molar-refractivity contribution in [3.63, 3.8) is 0 Å². The molecular weight excluding hydrogens is 234 g/mol. The molecule has 0 heterocycles. The minimum absolute atomic E-state index is 0.0619. The van der Waals surface area contributed by atoms with Gasteiger partial charge in [-0.1, -0.05) is 13.8 Å². The van der Waals surface area contributed by atoms with E-state index in [0.29, 0.717) is 0 Å². The molecule has 96 valence electrons. The van der Waals surface area contributed by atoms with Crippen molar-refractivity contribution >= 4 is 16.3 Å². The molecule has 0 bridgehead atoms. The van der Waals surface area contributed by atoms with Crippen LogP contribution in [-0.2, 0) is 14.9 Å². The second-order valence-corrected chi connectivity index (χ2v) is 5.08. The number of rotatable bonds is 6. The van der Waals surface area contributed by atoms with Crippen molar-refractivity contribution in [3.8, 4) is 0 Å². The van der Waals surface area contributed by atoms with Crippen LogP contribution in [-0.4, -0.2) is 33.7 Å². The normalized spacial score (nSPS) is 13.6. The average Bonchev–Trinajstić information content (AvgIpc) is 2.13. The van der Waals surface area contributed by atoms with Gasteiger partial charge in [0.2, 0.25) is 0 Å². The fourth-order valence-corrected chi connectivity index (χ4v) is 1.51. The number of amides is 1. The highest BCUT2D eigenvalue weighted by atomic mass is 32.2. The molecule has 0 aromatic heterocycles. The molecule has 0 aliphatic carbocycles. The van der Waals surface area contributed by atoms with Gasteiger partial charge in [0.05, 0.1) is 6.61 Å². The van der Waals surface area contributed by atoms with E-state index in [1.165, 1.54) is 0 Å².